The summed E-state index contributed by atoms with van der Waals surface area (Å²) in [6, 6.07) is 8.88. The molecule has 3 atom stereocenters. The van der Waals surface area contributed by atoms with Gasteiger partial charge in [-0.3, -0.25) is 4.90 Å². The first-order valence-corrected chi connectivity index (χ1v) is 13.8. The molecule has 0 amide bonds. The molecule has 2 fully saturated rings. The largest absolute Gasteiger partial charge is 0.377 e. The third-order valence-corrected chi connectivity index (χ3v) is 9.83. The van der Waals surface area contributed by atoms with Crippen molar-refractivity contribution in [3.8, 4) is 0 Å². The Kier molecular flexibility index (Phi) is 8.08. The number of aliphatic hydroxyl groups is 1. The SMILES string of the molecule is C[C@H]1CN(C[C@H]2CN(S(=O)(=O)c3cccs3)CCN2c2ccc(C(O)(CF)C(F)F)cc2)CCO1. The van der Waals surface area contributed by atoms with E-state index in [9.17, 15) is 26.7 Å². The van der Waals surface area contributed by atoms with Crippen LogP contribution in [-0.2, 0) is 20.4 Å². The Labute approximate surface area is 207 Å². The molecule has 0 saturated carbocycles. The molecule has 7 nitrogen and oxygen atoms in total. The van der Waals surface area contributed by atoms with E-state index in [0.29, 0.717) is 29.6 Å². The molecule has 35 heavy (non-hydrogen) atoms. The van der Waals surface area contributed by atoms with Crippen LogP contribution in [0.5, 0.6) is 0 Å². The van der Waals surface area contributed by atoms with Crippen molar-refractivity contribution in [3.05, 3.63) is 47.3 Å². The van der Waals surface area contributed by atoms with Gasteiger partial charge in [0.25, 0.3) is 16.4 Å². The van der Waals surface area contributed by atoms with E-state index in [4.69, 9.17) is 4.74 Å². The van der Waals surface area contributed by atoms with E-state index < -0.39 is 28.7 Å². The van der Waals surface area contributed by atoms with Gasteiger partial charge in [-0.15, -0.1) is 11.3 Å². The van der Waals surface area contributed by atoms with Crippen LogP contribution in [0.15, 0.2) is 46.0 Å². The average molecular weight is 534 g/mol. The lowest BCUT2D eigenvalue weighted by molar-refractivity contribution is -0.114. The maximum absolute atomic E-state index is 13.3. The highest BCUT2D eigenvalue weighted by Crippen LogP contribution is 2.32. The summed E-state index contributed by atoms with van der Waals surface area (Å²) in [5.41, 5.74) is -2.35. The van der Waals surface area contributed by atoms with Crippen LogP contribution in [0.25, 0.3) is 0 Å². The van der Waals surface area contributed by atoms with E-state index in [1.54, 1.807) is 29.6 Å². The molecule has 2 saturated heterocycles. The Morgan fingerprint density at radius 1 is 1.17 bits per heavy atom. The van der Waals surface area contributed by atoms with E-state index in [0.717, 1.165) is 13.1 Å². The van der Waals surface area contributed by atoms with Crippen molar-refractivity contribution in [1.82, 2.24) is 9.21 Å². The lowest BCUT2D eigenvalue weighted by Crippen LogP contribution is -2.59. The quantitative estimate of drug-likeness (QED) is 0.563. The predicted octanol–water partition coefficient (Wildman–Crippen LogP) is 2.77. The summed E-state index contributed by atoms with van der Waals surface area (Å²) in [5.74, 6) is 0. The number of rotatable bonds is 8. The average Bonchev–Trinajstić information content (AvgIpc) is 3.40. The van der Waals surface area contributed by atoms with Gasteiger partial charge in [0.15, 0.2) is 5.60 Å². The second kappa shape index (κ2) is 10.7. The second-order valence-electron chi connectivity index (χ2n) is 8.99. The summed E-state index contributed by atoms with van der Waals surface area (Å²) >= 11 is 1.18. The van der Waals surface area contributed by atoms with Crippen LogP contribution < -0.4 is 4.90 Å². The van der Waals surface area contributed by atoms with E-state index in [-0.39, 0.29) is 30.8 Å². The highest BCUT2D eigenvalue weighted by molar-refractivity contribution is 7.91. The van der Waals surface area contributed by atoms with Crippen molar-refractivity contribution in [3.63, 3.8) is 0 Å². The van der Waals surface area contributed by atoms with E-state index in [1.807, 2.05) is 6.92 Å². The van der Waals surface area contributed by atoms with Gasteiger partial charge in [-0.05, 0) is 36.1 Å². The number of nitrogens with zero attached hydrogens (tertiary/aromatic N) is 3. The fourth-order valence-electron chi connectivity index (χ4n) is 4.64. The number of ether oxygens (including phenoxy) is 1. The van der Waals surface area contributed by atoms with Crippen molar-refractivity contribution >= 4 is 27.0 Å². The molecule has 0 aliphatic carbocycles. The minimum atomic E-state index is -3.62. The van der Waals surface area contributed by atoms with Gasteiger partial charge in [-0.2, -0.15) is 4.31 Å². The van der Waals surface area contributed by atoms with Crippen molar-refractivity contribution in [2.24, 2.45) is 0 Å². The highest BCUT2D eigenvalue weighted by atomic mass is 32.2. The molecule has 0 radical (unpaired) electrons. The van der Waals surface area contributed by atoms with Gasteiger partial charge < -0.3 is 14.7 Å². The predicted molar refractivity (Wildman–Crippen MR) is 128 cm³/mol. The van der Waals surface area contributed by atoms with Crippen LogP contribution in [0, 0.1) is 0 Å². The molecule has 4 rings (SSSR count). The van der Waals surface area contributed by atoms with Gasteiger partial charge in [0.05, 0.1) is 18.8 Å². The minimum absolute atomic E-state index is 0.0683. The number of piperazine rings is 1. The molecule has 2 aliphatic rings. The number of benzene rings is 1. The molecule has 0 bridgehead atoms. The van der Waals surface area contributed by atoms with Crippen molar-refractivity contribution in [1.29, 1.82) is 0 Å². The number of halogens is 3. The summed E-state index contributed by atoms with van der Waals surface area (Å²) in [6.45, 7) is 3.96. The lowest BCUT2D eigenvalue weighted by atomic mass is 9.95. The van der Waals surface area contributed by atoms with Gasteiger partial charge in [0.1, 0.15) is 10.9 Å². The Balaban J connectivity index is 1.58. The Hall–Kier alpha value is -1.70. The normalized spacial score (nSPS) is 24.6. The molecule has 2 aromatic rings. The maximum atomic E-state index is 13.3. The molecule has 194 valence electrons. The smallest absolute Gasteiger partial charge is 0.273 e. The third kappa shape index (κ3) is 5.52. The van der Waals surface area contributed by atoms with Crippen molar-refractivity contribution < 1.29 is 31.4 Å². The Morgan fingerprint density at radius 3 is 2.51 bits per heavy atom. The molecule has 1 aromatic heterocycles. The second-order valence-corrected chi connectivity index (χ2v) is 12.1. The standard InChI is InChI=1S/C23H30F3N3O4S2/c1-17-13-27(10-11-33-17)14-20-15-28(35(31,32)21-3-2-12-34-21)8-9-29(20)19-6-4-18(5-7-19)23(30,16-24)22(25)26/h2-7,12,17,20,22,30H,8-11,13-16H2,1H3/t17-,20-,23?/m0/s1. The summed E-state index contributed by atoms with van der Waals surface area (Å²) in [4.78, 5) is 4.29. The summed E-state index contributed by atoms with van der Waals surface area (Å²) in [5, 5.41) is 11.8. The highest BCUT2D eigenvalue weighted by Gasteiger charge is 2.41. The molecule has 3 heterocycles. The number of anilines is 1. The Bertz CT molecular complexity index is 1070. The number of sulfonamides is 1. The zero-order chi connectivity index (χ0) is 25.2. The van der Waals surface area contributed by atoms with Gasteiger partial charge in [-0.1, -0.05) is 18.2 Å². The van der Waals surface area contributed by atoms with Gasteiger partial charge in [0.2, 0.25) is 0 Å². The molecular formula is C23H30F3N3O4S2. The first-order valence-electron chi connectivity index (χ1n) is 11.5. The van der Waals surface area contributed by atoms with Gasteiger partial charge in [-0.25, -0.2) is 21.6 Å². The fraction of sp³-hybridized carbons (Fsp3) is 0.565. The molecule has 1 N–H and O–H groups in total. The van der Waals surface area contributed by atoms with E-state index in [2.05, 4.69) is 9.80 Å². The van der Waals surface area contributed by atoms with Crippen LogP contribution in [0.3, 0.4) is 0 Å². The number of morpholine rings is 1. The Morgan fingerprint density at radius 2 is 1.91 bits per heavy atom. The zero-order valence-corrected chi connectivity index (χ0v) is 21.0. The first kappa shape index (κ1) is 26.4. The summed E-state index contributed by atoms with van der Waals surface area (Å²) < 4.78 is 73.6. The monoisotopic (exact) mass is 533 g/mol. The van der Waals surface area contributed by atoms with Crippen LogP contribution in [0.4, 0.5) is 18.9 Å². The van der Waals surface area contributed by atoms with E-state index >= 15 is 0 Å². The number of hydrogen-bond acceptors (Lipinski definition) is 7. The fourth-order valence-corrected chi connectivity index (χ4v) is 7.25. The van der Waals surface area contributed by atoms with Crippen LogP contribution in [0.1, 0.15) is 12.5 Å². The van der Waals surface area contributed by atoms with Crippen molar-refractivity contribution in [2.45, 2.75) is 35.3 Å². The minimum Gasteiger partial charge on any atom is -0.377 e. The van der Waals surface area contributed by atoms with Crippen LogP contribution >= 0.6 is 11.3 Å². The molecule has 2 aliphatic heterocycles. The number of thiophene rings is 1. The molecule has 0 spiro atoms. The maximum Gasteiger partial charge on any atom is 0.273 e. The van der Waals surface area contributed by atoms with Crippen molar-refractivity contribution in [2.75, 3.05) is 57.4 Å². The van der Waals surface area contributed by atoms with Crippen LogP contribution in [0.2, 0.25) is 0 Å². The number of alkyl halides is 3. The lowest BCUT2D eigenvalue weighted by Gasteiger charge is -2.45. The van der Waals surface area contributed by atoms with E-state index in [1.165, 1.54) is 27.8 Å². The zero-order valence-electron chi connectivity index (χ0n) is 19.4. The first-order chi connectivity index (χ1) is 16.6. The molecule has 12 heteroatoms. The molecular weight excluding hydrogens is 503 g/mol. The van der Waals surface area contributed by atoms with Gasteiger partial charge >= 0.3 is 0 Å². The van der Waals surface area contributed by atoms with Crippen LogP contribution in [-0.4, -0.2) is 93.9 Å². The topological polar surface area (TPSA) is 73.3 Å². The molecule has 1 aromatic carbocycles. The summed E-state index contributed by atoms with van der Waals surface area (Å²) in [6.07, 6.45) is -3.20. The third-order valence-electron chi connectivity index (χ3n) is 6.59. The summed E-state index contributed by atoms with van der Waals surface area (Å²) in [7, 11) is -3.62. The molecule has 1 unspecified atom stereocenters. The van der Waals surface area contributed by atoms with Gasteiger partial charge in [0, 0.05) is 45.0 Å². The number of hydrogen-bond donors (Lipinski definition) is 1.